The first kappa shape index (κ1) is 16.8. The fourth-order valence-corrected chi connectivity index (χ4v) is 2.89. The van der Waals surface area contributed by atoms with E-state index in [-0.39, 0.29) is 11.8 Å². The molecule has 0 aromatic heterocycles. The zero-order chi connectivity index (χ0) is 18.8. The number of primary amides is 1. The van der Waals surface area contributed by atoms with Crippen LogP contribution in [-0.4, -0.2) is 28.3 Å². The fourth-order valence-electron chi connectivity index (χ4n) is 2.65. The summed E-state index contributed by atoms with van der Waals surface area (Å²) in [6.45, 7) is 4.68. The number of aliphatic carboxylic acids is 1. The van der Waals surface area contributed by atoms with Crippen LogP contribution in [0.5, 0.6) is 0 Å². The summed E-state index contributed by atoms with van der Waals surface area (Å²) in [5.74, 6) is -1.39. The van der Waals surface area contributed by atoms with Crippen LogP contribution in [0.15, 0.2) is 23.4 Å². The molecule has 6 nitrogen and oxygen atoms in total. The highest BCUT2D eigenvalue weighted by molar-refractivity contribution is 6.31. The van der Waals surface area contributed by atoms with Gasteiger partial charge in [0.2, 0.25) is 11.5 Å². The second-order valence-electron chi connectivity index (χ2n) is 6.53. The van der Waals surface area contributed by atoms with E-state index >= 15 is 0 Å². The molecule has 130 valence electrons. The minimum absolute atomic E-state index is 0.0926. The monoisotopic (exact) mass is 353 g/mol. The number of hydrogen-bond acceptors (Lipinski definition) is 4. The summed E-state index contributed by atoms with van der Waals surface area (Å²) in [5.41, 5.74) is 2.39. The average Bonchev–Trinajstić information content (AvgIpc) is 2.50. The third-order valence-electron chi connectivity index (χ3n) is 4.35. The predicted octanol–water partition coefficient (Wildman–Crippen LogP) is 3.19. The summed E-state index contributed by atoms with van der Waals surface area (Å²) in [4.78, 5) is 27.9. The number of carbonyl (C=O) groups excluding carboxylic acids is 1. The van der Waals surface area contributed by atoms with Crippen molar-refractivity contribution in [3.05, 3.63) is 34.3 Å². The second kappa shape index (κ2) is 6.81. The van der Waals surface area contributed by atoms with Crippen molar-refractivity contribution < 1.29 is 20.9 Å². The molecule has 1 amide bonds. The highest BCUT2D eigenvalue weighted by atomic mass is 35.5. The molecule has 7 heteroatoms. The lowest BCUT2D eigenvalue weighted by Gasteiger charge is -2.37. The number of oxime groups is 1. The summed E-state index contributed by atoms with van der Waals surface area (Å²) in [5, 5.41) is 13.5. The van der Waals surface area contributed by atoms with Crippen molar-refractivity contribution in [3.63, 3.8) is 0 Å². The normalized spacial score (nSPS) is 21.5. The number of halogens is 1. The maximum atomic E-state index is 11.7. The minimum Gasteiger partial charge on any atom is -0.478 e. The molecular weight excluding hydrogens is 332 g/mol. The van der Waals surface area contributed by atoms with E-state index in [0.29, 0.717) is 16.3 Å². The molecule has 2 atom stereocenters. The van der Waals surface area contributed by atoms with Crippen molar-refractivity contribution in [2.75, 3.05) is 0 Å². The molecule has 2 rings (SSSR count). The lowest BCUT2D eigenvalue weighted by molar-refractivity contribution is -0.161. The molecule has 1 aliphatic carbocycles. The quantitative estimate of drug-likeness (QED) is 0.605. The molecular formula is C17H21ClN2O4. The standard InChI is InChI=1S/C17H21ClN2O4/c1-9(20-24-17(2,3)16(22)23)13-4-5-14(13)10-6-11(15(19)21)8-12(18)7-10/h6-8,13-14H,4-5H2,1-3H3,(H2,19,21)(H,22,23)/b20-9+/i/hD. The molecule has 3 N–H and O–H groups in total. The van der Waals surface area contributed by atoms with Crippen molar-refractivity contribution in [3.8, 4) is 0 Å². The summed E-state index contributed by atoms with van der Waals surface area (Å²) < 4.78 is 6.98. The van der Waals surface area contributed by atoms with E-state index in [9.17, 15) is 9.59 Å². The number of carboxylic acids is 1. The Morgan fingerprint density at radius 1 is 1.42 bits per heavy atom. The van der Waals surface area contributed by atoms with Crippen LogP contribution in [0.4, 0.5) is 0 Å². The molecule has 0 aliphatic heterocycles. The fraction of sp³-hybridized carbons (Fsp3) is 0.471. The number of benzene rings is 1. The van der Waals surface area contributed by atoms with Gasteiger partial charge in [-0.15, -0.1) is 0 Å². The van der Waals surface area contributed by atoms with E-state index in [4.69, 9.17) is 23.0 Å². The Labute approximate surface area is 147 Å². The first-order valence-corrected chi connectivity index (χ1v) is 8.02. The number of carbonyl (C=O) groups is 2. The van der Waals surface area contributed by atoms with Crippen LogP contribution in [0.1, 0.15) is 55.5 Å². The molecule has 0 heterocycles. The van der Waals surface area contributed by atoms with Gasteiger partial charge >= 0.3 is 5.97 Å². The Morgan fingerprint density at radius 3 is 2.67 bits per heavy atom. The molecule has 24 heavy (non-hydrogen) atoms. The van der Waals surface area contributed by atoms with Crippen LogP contribution in [0.3, 0.4) is 0 Å². The number of amides is 1. The van der Waals surface area contributed by atoms with E-state index in [0.717, 1.165) is 18.4 Å². The Bertz CT molecular complexity index is 721. The van der Waals surface area contributed by atoms with E-state index in [2.05, 4.69) is 5.16 Å². The maximum absolute atomic E-state index is 11.7. The van der Waals surface area contributed by atoms with E-state index < -0.39 is 17.5 Å². The predicted molar refractivity (Wildman–Crippen MR) is 91.3 cm³/mol. The molecule has 1 aliphatic rings. The van der Waals surface area contributed by atoms with Crippen LogP contribution in [0, 0.1) is 5.92 Å². The van der Waals surface area contributed by atoms with Crippen LogP contribution >= 0.6 is 11.6 Å². The molecule has 1 saturated carbocycles. The summed E-state index contributed by atoms with van der Waals surface area (Å²) >= 11 is 6.10. The van der Waals surface area contributed by atoms with Gasteiger partial charge in [-0.3, -0.25) is 4.79 Å². The average molecular weight is 354 g/mol. The molecule has 0 radical (unpaired) electrons. The van der Waals surface area contributed by atoms with Crippen molar-refractivity contribution in [2.24, 2.45) is 16.8 Å². The number of hydrogen-bond donors (Lipinski definition) is 2. The van der Waals surface area contributed by atoms with Crippen molar-refractivity contribution >= 4 is 29.2 Å². The zero-order valence-corrected chi connectivity index (χ0v) is 14.6. The minimum atomic E-state index is -1.39. The van der Waals surface area contributed by atoms with Gasteiger partial charge in [-0.05, 0) is 63.3 Å². The smallest absolute Gasteiger partial charge is 0.350 e. The van der Waals surface area contributed by atoms with Crippen LogP contribution in [-0.2, 0) is 9.63 Å². The molecule has 1 aromatic carbocycles. The second-order valence-corrected chi connectivity index (χ2v) is 6.97. The number of rotatable bonds is 6. The first-order valence-electron chi connectivity index (χ1n) is 8.14. The molecule has 1 aromatic rings. The van der Waals surface area contributed by atoms with Gasteiger partial charge in [-0.25, -0.2) is 4.79 Å². The molecule has 0 saturated heterocycles. The van der Waals surface area contributed by atoms with Gasteiger partial charge in [0.15, 0.2) is 1.41 Å². The van der Waals surface area contributed by atoms with Gasteiger partial charge in [0, 0.05) is 16.5 Å². The number of carboxylic acid groups (broad SMARTS) is 1. The van der Waals surface area contributed by atoms with Gasteiger partial charge in [0.25, 0.3) is 0 Å². The topological polar surface area (TPSA) is 102 Å². The van der Waals surface area contributed by atoms with Gasteiger partial charge in [0.05, 0.1) is 5.71 Å². The molecule has 2 unspecified atom stereocenters. The number of nitrogens with zero attached hydrogens (tertiary/aromatic N) is 1. The zero-order valence-electron chi connectivity index (χ0n) is 14.8. The number of nitrogens with two attached hydrogens (primary N) is 1. The van der Waals surface area contributed by atoms with Gasteiger partial charge in [-0.2, -0.15) is 0 Å². The van der Waals surface area contributed by atoms with Crippen LogP contribution < -0.4 is 5.73 Å². The van der Waals surface area contributed by atoms with E-state index in [1.54, 1.807) is 19.1 Å². The largest absolute Gasteiger partial charge is 0.478 e. The van der Waals surface area contributed by atoms with Crippen molar-refractivity contribution in [1.29, 1.82) is 0 Å². The molecule has 1 fully saturated rings. The lowest BCUT2D eigenvalue weighted by Crippen LogP contribution is -2.35. The van der Waals surface area contributed by atoms with Crippen LogP contribution in [0.25, 0.3) is 0 Å². The van der Waals surface area contributed by atoms with Crippen LogP contribution in [0.2, 0.25) is 6.43 Å². The molecule has 0 bridgehead atoms. The SMILES string of the molecule is [2H]NC(=O)c1cc(Cl)cc(C2CCC2/C(C)=N/OC(C)(C)C(=O)O)c1. The summed E-state index contributed by atoms with van der Waals surface area (Å²) in [6.07, 6.45) is 1.80. The maximum Gasteiger partial charge on any atom is 0.350 e. The lowest BCUT2D eigenvalue weighted by atomic mass is 9.68. The Morgan fingerprint density at radius 2 is 2.12 bits per heavy atom. The third kappa shape index (κ3) is 3.87. The summed E-state index contributed by atoms with van der Waals surface area (Å²) in [6, 6.07) is 5.04. The van der Waals surface area contributed by atoms with Crippen molar-refractivity contribution in [2.45, 2.75) is 45.1 Å². The molecule has 0 spiro atoms. The first-order chi connectivity index (χ1) is 11.7. The Kier molecular flexibility index (Phi) is 4.76. The highest BCUT2D eigenvalue weighted by Crippen LogP contribution is 2.44. The third-order valence-corrected chi connectivity index (χ3v) is 4.57. The van der Waals surface area contributed by atoms with E-state index in [1.165, 1.54) is 19.9 Å². The highest BCUT2D eigenvalue weighted by Gasteiger charge is 2.36. The Balaban J connectivity index is 2.18. The summed E-state index contributed by atoms with van der Waals surface area (Å²) in [7, 11) is 0. The van der Waals surface area contributed by atoms with Gasteiger partial charge in [-0.1, -0.05) is 16.8 Å². The van der Waals surface area contributed by atoms with Gasteiger partial charge < -0.3 is 15.7 Å². The Hall–Kier alpha value is -2.08. The van der Waals surface area contributed by atoms with E-state index in [1.807, 2.05) is 5.73 Å². The van der Waals surface area contributed by atoms with Gasteiger partial charge in [0.1, 0.15) is 0 Å². The van der Waals surface area contributed by atoms with Crippen molar-refractivity contribution in [1.82, 2.24) is 0 Å².